The minimum atomic E-state index is -0.181. The van der Waals surface area contributed by atoms with Gasteiger partial charge in [0.15, 0.2) is 0 Å². The van der Waals surface area contributed by atoms with Gasteiger partial charge in [-0.15, -0.1) is 12.4 Å². The number of carbonyl (C=O) groups is 1. The van der Waals surface area contributed by atoms with Gasteiger partial charge in [0.2, 0.25) is 5.91 Å². The maximum absolute atomic E-state index is 11.1. The number of halogens is 1. The highest BCUT2D eigenvalue weighted by Gasteiger charge is 2.04. The molecule has 0 radical (unpaired) electrons. The molecule has 0 aliphatic heterocycles. The summed E-state index contributed by atoms with van der Waals surface area (Å²) >= 11 is 0. The highest BCUT2D eigenvalue weighted by molar-refractivity contribution is 5.92. The molecule has 0 fully saturated rings. The molecule has 90 valence electrons. The van der Waals surface area contributed by atoms with E-state index in [1.54, 1.807) is 7.11 Å². The Labute approximate surface area is 102 Å². The first-order chi connectivity index (χ1) is 7.27. The van der Waals surface area contributed by atoms with Crippen LogP contribution in [0.15, 0.2) is 24.3 Å². The third kappa shape index (κ3) is 4.61. The number of nitrogens with one attached hydrogen (secondary N) is 1. The molecule has 0 aliphatic carbocycles. The summed E-state index contributed by atoms with van der Waals surface area (Å²) in [5.74, 6) is -0.181. The average molecular weight is 245 g/mol. The van der Waals surface area contributed by atoms with E-state index in [1.807, 2.05) is 24.3 Å². The van der Waals surface area contributed by atoms with Crippen LogP contribution in [-0.4, -0.2) is 26.2 Å². The van der Waals surface area contributed by atoms with Crippen LogP contribution in [0.5, 0.6) is 0 Å². The normalized spacial score (nSPS) is 9.38. The second-order valence-electron chi connectivity index (χ2n) is 3.15. The predicted molar refractivity (Wildman–Crippen MR) is 67.0 cm³/mol. The molecule has 0 unspecified atom stereocenters. The number of amides is 1. The van der Waals surface area contributed by atoms with E-state index in [4.69, 9.17) is 10.5 Å². The lowest BCUT2D eigenvalue weighted by Crippen LogP contribution is -2.22. The maximum Gasteiger partial charge on any atom is 0.238 e. The molecule has 1 aromatic carbocycles. The van der Waals surface area contributed by atoms with E-state index in [0.717, 1.165) is 17.7 Å². The molecule has 0 aliphatic rings. The summed E-state index contributed by atoms with van der Waals surface area (Å²) in [5.41, 5.74) is 7.10. The van der Waals surface area contributed by atoms with E-state index < -0.39 is 0 Å². The zero-order chi connectivity index (χ0) is 11.1. The van der Waals surface area contributed by atoms with Gasteiger partial charge in [-0.1, -0.05) is 18.2 Å². The monoisotopic (exact) mass is 244 g/mol. The summed E-state index contributed by atoms with van der Waals surface area (Å²) < 4.78 is 4.99. The molecule has 0 aromatic heterocycles. The zero-order valence-corrected chi connectivity index (χ0v) is 10.0. The fraction of sp³-hybridized carbons (Fsp3) is 0.364. The van der Waals surface area contributed by atoms with Crippen LogP contribution in [0.25, 0.3) is 0 Å². The van der Waals surface area contributed by atoms with Gasteiger partial charge in [0.1, 0.15) is 0 Å². The standard InChI is InChI=1S/C11H16N2O2.ClH/c1-15-7-6-9-4-2-3-5-10(9)13-11(14)8-12;/h2-5H,6-8,12H2,1H3,(H,13,14);1H. The van der Waals surface area contributed by atoms with Gasteiger partial charge in [0, 0.05) is 12.8 Å². The predicted octanol–water partition coefficient (Wildman–Crippen LogP) is 1.19. The number of nitrogens with two attached hydrogens (primary N) is 1. The van der Waals surface area contributed by atoms with Crippen molar-refractivity contribution < 1.29 is 9.53 Å². The van der Waals surface area contributed by atoms with Gasteiger partial charge in [0.05, 0.1) is 13.2 Å². The van der Waals surface area contributed by atoms with Crippen molar-refractivity contribution in [1.82, 2.24) is 0 Å². The van der Waals surface area contributed by atoms with Gasteiger partial charge >= 0.3 is 0 Å². The smallest absolute Gasteiger partial charge is 0.238 e. The van der Waals surface area contributed by atoms with Gasteiger partial charge in [-0.25, -0.2) is 0 Å². The Morgan fingerprint density at radius 1 is 1.44 bits per heavy atom. The molecule has 5 heteroatoms. The lowest BCUT2D eigenvalue weighted by molar-refractivity contribution is -0.114. The molecule has 1 aromatic rings. The first-order valence-corrected chi connectivity index (χ1v) is 4.84. The van der Waals surface area contributed by atoms with E-state index in [1.165, 1.54) is 0 Å². The van der Waals surface area contributed by atoms with Crippen molar-refractivity contribution in [3.63, 3.8) is 0 Å². The number of anilines is 1. The van der Waals surface area contributed by atoms with Crippen molar-refractivity contribution in [3.8, 4) is 0 Å². The van der Waals surface area contributed by atoms with Crippen molar-refractivity contribution in [2.24, 2.45) is 5.73 Å². The van der Waals surface area contributed by atoms with Crippen molar-refractivity contribution in [2.45, 2.75) is 6.42 Å². The van der Waals surface area contributed by atoms with Crippen LogP contribution in [-0.2, 0) is 16.0 Å². The molecule has 0 heterocycles. The lowest BCUT2D eigenvalue weighted by atomic mass is 10.1. The highest BCUT2D eigenvalue weighted by atomic mass is 35.5. The Balaban J connectivity index is 0.00000225. The Bertz CT molecular complexity index is 332. The minimum Gasteiger partial charge on any atom is -0.384 e. The van der Waals surface area contributed by atoms with E-state index in [-0.39, 0.29) is 24.9 Å². The highest BCUT2D eigenvalue weighted by Crippen LogP contribution is 2.15. The van der Waals surface area contributed by atoms with Crippen molar-refractivity contribution in [3.05, 3.63) is 29.8 Å². The second kappa shape index (κ2) is 8.10. The fourth-order valence-corrected chi connectivity index (χ4v) is 1.27. The van der Waals surface area contributed by atoms with Crippen molar-refractivity contribution in [1.29, 1.82) is 0 Å². The van der Waals surface area contributed by atoms with Gasteiger partial charge in [-0.05, 0) is 18.1 Å². The number of para-hydroxylation sites is 1. The molecule has 1 amide bonds. The number of carbonyl (C=O) groups excluding carboxylic acids is 1. The molecule has 16 heavy (non-hydrogen) atoms. The number of rotatable bonds is 5. The largest absolute Gasteiger partial charge is 0.384 e. The van der Waals surface area contributed by atoms with E-state index in [2.05, 4.69) is 5.32 Å². The number of methoxy groups -OCH3 is 1. The third-order valence-electron chi connectivity index (χ3n) is 2.05. The Kier molecular flexibility index (Phi) is 7.54. The molecule has 1 rings (SSSR count). The summed E-state index contributed by atoms with van der Waals surface area (Å²) in [6.45, 7) is 0.633. The molecular weight excluding hydrogens is 228 g/mol. The minimum absolute atomic E-state index is 0. The SMILES string of the molecule is COCCc1ccccc1NC(=O)CN.Cl. The Hall–Kier alpha value is -1.10. The number of hydrogen-bond donors (Lipinski definition) is 2. The molecule has 0 saturated carbocycles. The van der Waals surface area contributed by atoms with Crippen LogP contribution in [0.1, 0.15) is 5.56 Å². The summed E-state index contributed by atoms with van der Waals surface area (Å²) in [6, 6.07) is 7.63. The molecule has 0 saturated heterocycles. The van der Waals surface area contributed by atoms with Gasteiger partial charge < -0.3 is 15.8 Å². The van der Waals surface area contributed by atoms with E-state index in [9.17, 15) is 4.79 Å². The molecule has 0 bridgehead atoms. The van der Waals surface area contributed by atoms with Gasteiger partial charge in [-0.2, -0.15) is 0 Å². The zero-order valence-electron chi connectivity index (χ0n) is 9.23. The van der Waals surface area contributed by atoms with Gasteiger partial charge in [-0.3, -0.25) is 4.79 Å². The third-order valence-corrected chi connectivity index (χ3v) is 2.05. The molecular formula is C11H17ClN2O2. The summed E-state index contributed by atoms with van der Waals surface area (Å²) in [7, 11) is 1.65. The topological polar surface area (TPSA) is 64.3 Å². The van der Waals surface area contributed by atoms with Crippen LogP contribution in [0.4, 0.5) is 5.69 Å². The number of ether oxygens (including phenoxy) is 1. The van der Waals surface area contributed by atoms with Crippen LogP contribution in [0.3, 0.4) is 0 Å². The lowest BCUT2D eigenvalue weighted by Gasteiger charge is -2.09. The van der Waals surface area contributed by atoms with Gasteiger partial charge in [0.25, 0.3) is 0 Å². The molecule has 0 spiro atoms. The maximum atomic E-state index is 11.1. The van der Waals surface area contributed by atoms with E-state index in [0.29, 0.717) is 6.61 Å². The molecule has 0 atom stereocenters. The summed E-state index contributed by atoms with van der Waals surface area (Å²) in [4.78, 5) is 11.1. The van der Waals surface area contributed by atoms with Crippen molar-refractivity contribution in [2.75, 3.05) is 25.6 Å². The molecule has 4 nitrogen and oxygen atoms in total. The van der Waals surface area contributed by atoms with E-state index >= 15 is 0 Å². The van der Waals surface area contributed by atoms with Crippen LogP contribution >= 0.6 is 12.4 Å². The Morgan fingerprint density at radius 2 is 2.12 bits per heavy atom. The van der Waals surface area contributed by atoms with Crippen molar-refractivity contribution >= 4 is 24.0 Å². The van der Waals surface area contributed by atoms with Crippen LogP contribution in [0, 0.1) is 0 Å². The first-order valence-electron chi connectivity index (χ1n) is 4.84. The summed E-state index contributed by atoms with van der Waals surface area (Å²) in [6.07, 6.45) is 0.775. The first kappa shape index (κ1) is 14.9. The summed E-state index contributed by atoms with van der Waals surface area (Å²) in [5, 5.41) is 2.75. The number of benzene rings is 1. The molecule has 3 N–H and O–H groups in total. The quantitative estimate of drug-likeness (QED) is 0.818. The average Bonchev–Trinajstić information content (AvgIpc) is 2.28. The second-order valence-corrected chi connectivity index (χ2v) is 3.15. The van der Waals surface area contributed by atoms with Crippen LogP contribution in [0.2, 0.25) is 0 Å². The Morgan fingerprint density at radius 3 is 2.75 bits per heavy atom. The van der Waals surface area contributed by atoms with Crippen LogP contribution < -0.4 is 11.1 Å². The number of hydrogen-bond acceptors (Lipinski definition) is 3. The fourth-order valence-electron chi connectivity index (χ4n) is 1.27.